The van der Waals surface area contributed by atoms with E-state index in [1.165, 1.54) is 0 Å². The molecule has 3 rings (SSSR count). The summed E-state index contributed by atoms with van der Waals surface area (Å²) < 4.78 is 5.51. The topological polar surface area (TPSA) is 70.6 Å². The van der Waals surface area contributed by atoms with Crippen LogP contribution in [-0.4, -0.2) is 17.1 Å². The highest BCUT2D eigenvalue weighted by atomic mass is 16.5. The summed E-state index contributed by atoms with van der Waals surface area (Å²) in [7, 11) is 0. The van der Waals surface area contributed by atoms with E-state index in [4.69, 9.17) is 4.74 Å². The lowest BCUT2D eigenvalue weighted by Gasteiger charge is -2.23. The number of carbonyl (C=O) groups is 1. The summed E-state index contributed by atoms with van der Waals surface area (Å²) in [5.41, 5.74) is 2.62. The average molecular weight is 284 g/mol. The Morgan fingerprint density at radius 3 is 2.76 bits per heavy atom. The highest BCUT2D eigenvalue weighted by Crippen LogP contribution is 2.32. The van der Waals surface area contributed by atoms with Gasteiger partial charge >= 0.3 is 0 Å². The predicted molar refractivity (Wildman–Crippen MR) is 80.6 cm³/mol. The number of benzene rings is 2. The number of ether oxygens (including phenoxy) is 1. The Morgan fingerprint density at radius 2 is 2.00 bits per heavy atom. The molecule has 0 radical (unpaired) electrons. The van der Waals surface area contributed by atoms with Gasteiger partial charge in [0.2, 0.25) is 0 Å². The van der Waals surface area contributed by atoms with E-state index in [-0.39, 0.29) is 11.7 Å². The van der Waals surface area contributed by atoms with Gasteiger partial charge < -0.3 is 20.5 Å². The fraction of sp³-hybridized carbons (Fsp3) is 0.188. The second-order valence-corrected chi connectivity index (χ2v) is 4.98. The van der Waals surface area contributed by atoms with Crippen LogP contribution < -0.4 is 15.4 Å². The Bertz CT molecular complexity index is 668. The van der Waals surface area contributed by atoms with E-state index < -0.39 is 6.10 Å². The van der Waals surface area contributed by atoms with E-state index in [2.05, 4.69) is 10.6 Å². The molecule has 1 atom stereocenters. The molecule has 5 heteroatoms. The molecule has 0 bridgehead atoms. The van der Waals surface area contributed by atoms with Gasteiger partial charge in [-0.1, -0.05) is 12.1 Å². The van der Waals surface area contributed by atoms with Gasteiger partial charge in [-0.05, 0) is 42.8 Å². The minimum atomic E-state index is -0.465. The van der Waals surface area contributed by atoms with Crippen molar-refractivity contribution in [2.45, 2.75) is 19.6 Å². The quantitative estimate of drug-likeness (QED) is 0.810. The maximum Gasteiger partial charge on any atom is 0.265 e. The van der Waals surface area contributed by atoms with Crippen molar-refractivity contribution >= 4 is 17.3 Å². The number of phenolic OH excluding ortho intramolecular Hbond substituents is 1. The predicted octanol–water partition coefficient (Wildman–Crippen LogP) is 2.72. The molecule has 2 aromatic rings. The zero-order chi connectivity index (χ0) is 14.8. The standard InChI is InChI=1S/C16H16N2O3/c1-10-16(20)18-14-8-12(4-7-15(14)21-10)17-9-11-2-5-13(19)6-3-11/h2-8,10,17,19H,9H2,1H3,(H,18,20). The second kappa shape index (κ2) is 5.36. The third-order valence-corrected chi connectivity index (χ3v) is 3.34. The summed E-state index contributed by atoms with van der Waals surface area (Å²) in [4.78, 5) is 11.6. The van der Waals surface area contributed by atoms with Gasteiger partial charge in [0.1, 0.15) is 11.5 Å². The van der Waals surface area contributed by atoms with Crippen LogP contribution in [0.2, 0.25) is 0 Å². The van der Waals surface area contributed by atoms with E-state index in [1.807, 2.05) is 30.3 Å². The molecule has 0 saturated carbocycles. The first-order chi connectivity index (χ1) is 10.1. The van der Waals surface area contributed by atoms with Gasteiger partial charge in [-0.2, -0.15) is 0 Å². The van der Waals surface area contributed by atoms with Crippen molar-refractivity contribution in [3.05, 3.63) is 48.0 Å². The van der Waals surface area contributed by atoms with Gasteiger partial charge in [-0.25, -0.2) is 0 Å². The summed E-state index contributed by atoms with van der Waals surface area (Å²) in [5, 5.41) is 15.3. The van der Waals surface area contributed by atoms with Crippen LogP contribution in [0.25, 0.3) is 0 Å². The summed E-state index contributed by atoms with van der Waals surface area (Å²) in [6, 6.07) is 12.6. The molecule has 3 N–H and O–H groups in total. The van der Waals surface area contributed by atoms with Crippen LogP contribution in [0, 0.1) is 0 Å². The second-order valence-electron chi connectivity index (χ2n) is 4.98. The fourth-order valence-electron chi connectivity index (χ4n) is 2.14. The number of fused-ring (bicyclic) bond motifs is 1. The number of hydrogen-bond acceptors (Lipinski definition) is 4. The monoisotopic (exact) mass is 284 g/mol. The Labute approximate surface area is 122 Å². The molecule has 5 nitrogen and oxygen atoms in total. The average Bonchev–Trinajstić information content (AvgIpc) is 2.48. The van der Waals surface area contributed by atoms with E-state index >= 15 is 0 Å². The highest BCUT2D eigenvalue weighted by Gasteiger charge is 2.23. The molecule has 1 aliphatic heterocycles. The number of nitrogens with one attached hydrogen (secondary N) is 2. The summed E-state index contributed by atoms with van der Waals surface area (Å²) in [5.74, 6) is 0.789. The van der Waals surface area contributed by atoms with E-state index in [0.29, 0.717) is 18.0 Å². The smallest absolute Gasteiger partial charge is 0.265 e. The summed E-state index contributed by atoms with van der Waals surface area (Å²) in [6.45, 7) is 2.35. The van der Waals surface area contributed by atoms with Crippen molar-refractivity contribution in [2.24, 2.45) is 0 Å². The first kappa shape index (κ1) is 13.3. The SMILES string of the molecule is CC1Oc2ccc(NCc3ccc(O)cc3)cc2NC1=O. The molecule has 1 heterocycles. The molecule has 0 fully saturated rings. The molecule has 0 aliphatic carbocycles. The largest absolute Gasteiger partial charge is 0.508 e. The third-order valence-electron chi connectivity index (χ3n) is 3.34. The molecule has 0 aromatic heterocycles. The lowest BCUT2D eigenvalue weighted by molar-refractivity contribution is -0.122. The molecule has 1 aliphatic rings. The maximum atomic E-state index is 11.6. The van der Waals surface area contributed by atoms with Gasteiger partial charge in [0.25, 0.3) is 5.91 Å². The minimum absolute atomic E-state index is 0.141. The Kier molecular flexibility index (Phi) is 3.39. The van der Waals surface area contributed by atoms with Gasteiger partial charge in [-0.15, -0.1) is 0 Å². The van der Waals surface area contributed by atoms with Crippen LogP contribution in [0.1, 0.15) is 12.5 Å². The van der Waals surface area contributed by atoms with Crippen LogP contribution in [-0.2, 0) is 11.3 Å². The van der Waals surface area contributed by atoms with Crippen molar-refractivity contribution in [1.82, 2.24) is 0 Å². The number of amides is 1. The van der Waals surface area contributed by atoms with Crippen molar-refractivity contribution in [3.8, 4) is 11.5 Å². The van der Waals surface area contributed by atoms with Gasteiger partial charge in [-0.3, -0.25) is 4.79 Å². The molecule has 21 heavy (non-hydrogen) atoms. The Hall–Kier alpha value is -2.69. The van der Waals surface area contributed by atoms with E-state index in [1.54, 1.807) is 19.1 Å². The highest BCUT2D eigenvalue weighted by molar-refractivity contribution is 5.98. The number of aromatic hydroxyl groups is 1. The Morgan fingerprint density at radius 1 is 1.24 bits per heavy atom. The third kappa shape index (κ3) is 2.91. The normalized spacial score (nSPS) is 16.6. The van der Waals surface area contributed by atoms with E-state index in [9.17, 15) is 9.90 Å². The molecule has 1 amide bonds. The first-order valence-electron chi connectivity index (χ1n) is 6.75. The summed E-state index contributed by atoms with van der Waals surface area (Å²) in [6.07, 6.45) is -0.465. The van der Waals surface area contributed by atoms with E-state index in [0.717, 1.165) is 11.3 Å². The van der Waals surface area contributed by atoms with Gasteiger partial charge in [0.15, 0.2) is 6.10 Å². The van der Waals surface area contributed by atoms with Gasteiger partial charge in [0.05, 0.1) is 5.69 Å². The van der Waals surface area contributed by atoms with Gasteiger partial charge in [0, 0.05) is 12.2 Å². The van der Waals surface area contributed by atoms with Crippen molar-refractivity contribution < 1.29 is 14.6 Å². The fourth-order valence-corrected chi connectivity index (χ4v) is 2.14. The number of rotatable bonds is 3. The van der Waals surface area contributed by atoms with Crippen LogP contribution >= 0.6 is 0 Å². The molecule has 108 valence electrons. The van der Waals surface area contributed by atoms with Crippen LogP contribution in [0.5, 0.6) is 11.5 Å². The first-order valence-corrected chi connectivity index (χ1v) is 6.75. The minimum Gasteiger partial charge on any atom is -0.508 e. The molecular formula is C16H16N2O3. The lowest BCUT2D eigenvalue weighted by atomic mass is 10.2. The Balaban J connectivity index is 1.71. The van der Waals surface area contributed by atoms with Crippen LogP contribution in [0.3, 0.4) is 0 Å². The zero-order valence-corrected chi connectivity index (χ0v) is 11.6. The van der Waals surface area contributed by atoms with Crippen molar-refractivity contribution in [3.63, 3.8) is 0 Å². The van der Waals surface area contributed by atoms with Crippen molar-refractivity contribution in [2.75, 3.05) is 10.6 Å². The van der Waals surface area contributed by atoms with Crippen LogP contribution in [0.4, 0.5) is 11.4 Å². The van der Waals surface area contributed by atoms with Crippen molar-refractivity contribution in [1.29, 1.82) is 0 Å². The number of anilines is 2. The molecule has 0 saturated heterocycles. The molecule has 2 aromatic carbocycles. The molecule has 0 spiro atoms. The molecule has 1 unspecified atom stereocenters. The number of phenols is 1. The summed E-state index contributed by atoms with van der Waals surface area (Å²) >= 11 is 0. The number of carbonyl (C=O) groups excluding carboxylic acids is 1. The van der Waals surface area contributed by atoms with Crippen LogP contribution in [0.15, 0.2) is 42.5 Å². The maximum absolute atomic E-state index is 11.6. The number of hydrogen-bond donors (Lipinski definition) is 3. The zero-order valence-electron chi connectivity index (χ0n) is 11.6. The lowest BCUT2D eigenvalue weighted by Crippen LogP contribution is -2.34. The molecular weight excluding hydrogens is 268 g/mol.